The Labute approximate surface area is 146 Å². The number of fused-ring (bicyclic) bond motifs is 2. The Morgan fingerprint density at radius 3 is 3.04 bits per heavy atom. The van der Waals surface area contributed by atoms with E-state index in [4.69, 9.17) is 0 Å². The minimum absolute atomic E-state index is 0.111. The molecule has 4 rings (SSSR count). The fourth-order valence-electron chi connectivity index (χ4n) is 3.39. The van der Waals surface area contributed by atoms with Crippen LogP contribution >= 0.6 is 0 Å². The average Bonchev–Trinajstić information content (AvgIpc) is 2.88. The van der Waals surface area contributed by atoms with Gasteiger partial charge in [0.05, 0.1) is 5.69 Å². The summed E-state index contributed by atoms with van der Waals surface area (Å²) in [5.41, 5.74) is 3.29. The topological polar surface area (TPSA) is 88.0 Å². The first-order valence-corrected chi connectivity index (χ1v) is 8.79. The van der Waals surface area contributed by atoms with E-state index in [9.17, 15) is 4.79 Å². The summed E-state index contributed by atoms with van der Waals surface area (Å²) in [4.78, 5) is 23.2. The van der Waals surface area contributed by atoms with Crippen LogP contribution in [-0.4, -0.2) is 49.7 Å². The quantitative estimate of drug-likeness (QED) is 0.861. The average molecular weight is 341 g/mol. The van der Waals surface area contributed by atoms with Crippen molar-refractivity contribution in [2.75, 3.05) is 18.4 Å². The maximum atomic E-state index is 12.4. The van der Waals surface area contributed by atoms with Crippen LogP contribution in [0.25, 0.3) is 0 Å². The van der Waals surface area contributed by atoms with Gasteiger partial charge in [-0.2, -0.15) is 5.10 Å². The second-order valence-corrected chi connectivity index (χ2v) is 6.83. The van der Waals surface area contributed by atoms with E-state index in [1.165, 1.54) is 5.56 Å². The lowest BCUT2D eigenvalue weighted by molar-refractivity contribution is -0.133. The van der Waals surface area contributed by atoms with Gasteiger partial charge < -0.3 is 15.5 Å². The number of carbonyl (C=O) groups excluding carboxylic acids is 1. The normalized spacial score (nSPS) is 17.2. The molecule has 0 aliphatic carbocycles. The molecule has 0 fully saturated rings. The smallest absolute Gasteiger partial charge is 0.244 e. The van der Waals surface area contributed by atoms with Crippen molar-refractivity contribution >= 4 is 17.7 Å². The SMILES string of the molecule is CC(C)N1CCc2cc(Nc3ncc4c(n3)CNCC4)nn2CC1=O. The number of anilines is 2. The van der Waals surface area contributed by atoms with Crippen LogP contribution in [-0.2, 0) is 30.7 Å². The van der Waals surface area contributed by atoms with Crippen LogP contribution in [0, 0.1) is 0 Å². The van der Waals surface area contributed by atoms with Gasteiger partial charge in [0.2, 0.25) is 11.9 Å². The fourth-order valence-corrected chi connectivity index (χ4v) is 3.39. The molecule has 2 aromatic heterocycles. The number of amides is 1. The number of nitrogens with one attached hydrogen (secondary N) is 2. The zero-order valence-corrected chi connectivity index (χ0v) is 14.6. The summed E-state index contributed by atoms with van der Waals surface area (Å²) in [5, 5.41) is 11.0. The summed E-state index contributed by atoms with van der Waals surface area (Å²) in [7, 11) is 0. The molecule has 0 spiro atoms. The number of carbonyl (C=O) groups is 1. The second kappa shape index (κ2) is 6.44. The number of hydrogen-bond acceptors (Lipinski definition) is 6. The van der Waals surface area contributed by atoms with E-state index < -0.39 is 0 Å². The van der Waals surface area contributed by atoms with E-state index in [-0.39, 0.29) is 18.5 Å². The van der Waals surface area contributed by atoms with Crippen LogP contribution < -0.4 is 10.6 Å². The minimum atomic E-state index is 0.111. The zero-order valence-electron chi connectivity index (χ0n) is 14.6. The third-order valence-electron chi connectivity index (χ3n) is 4.76. The van der Waals surface area contributed by atoms with Gasteiger partial charge in [-0.3, -0.25) is 9.48 Å². The first kappa shape index (κ1) is 16.0. The first-order valence-electron chi connectivity index (χ1n) is 8.79. The molecular weight excluding hydrogens is 318 g/mol. The Hall–Kier alpha value is -2.48. The lowest BCUT2D eigenvalue weighted by atomic mass is 10.1. The number of hydrogen-bond donors (Lipinski definition) is 2. The van der Waals surface area contributed by atoms with Crippen LogP contribution in [0.3, 0.4) is 0 Å². The molecule has 0 saturated heterocycles. The molecule has 0 unspecified atom stereocenters. The van der Waals surface area contributed by atoms with Crippen molar-refractivity contribution in [1.82, 2.24) is 30.0 Å². The molecule has 0 aromatic carbocycles. The molecule has 25 heavy (non-hydrogen) atoms. The molecule has 8 nitrogen and oxygen atoms in total. The maximum Gasteiger partial charge on any atom is 0.244 e. The Morgan fingerprint density at radius 2 is 2.20 bits per heavy atom. The number of aromatic nitrogens is 4. The van der Waals surface area contributed by atoms with Gasteiger partial charge in [0.1, 0.15) is 6.54 Å². The molecule has 2 aliphatic heterocycles. The molecule has 0 radical (unpaired) electrons. The van der Waals surface area contributed by atoms with E-state index in [1.54, 1.807) is 4.68 Å². The molecule has 0 saturated carbocycles. The molecule has 0 atom stereocenters. The summed E-state index contributed by atoms with van der Waals surface area (Å²) >= 11 is 0. The number of rotatable bonds is 3. The van der Waals surface area contributed by atoms with Crippen molar-refractivity contribution in [3.05, 3.63) is 29.2 Å². The Morgan fingerprint density at radius 1 is 1.32 bits per heavy atom. The molecule has 4 heterocycles. The highest BCUT2D eigenvalue weighted by atomic mass is 16.2. The summed E-state index contributed by atoms with van der Waals surface area (Å²) in [6.45, 7) is 6.83. The van der Waals surface area contributed by atoms with Gasteiger partial charge >= 0.3 is 0 Å². The zero-order chi connectivity index (χ0) is 17.4. The van der Waals surface area contributed by atoms with Crippen molar-refractivity contribution < 1.29 is 4.79 Å². The van der Waals surface area contributed by atoms with Crippen molar-refractivity contribution in [3.63, 3.8) is 0 Å². The van der Waals surface area contributed by atoms with Gasteiger partial charge in [-0.25, -0.2) is 9.97 Å². The standard InChI is InChI=1S/C17H23N7O/c1-11(2)23-6-4-13-7-15(22-24(13)10-16(23)25)21-17-19-8-12-3-5-18-9-14(12)20-17/h7-8,11,18H,3-6,9-10H2,1-2H3,(H,19,20,21,22). The second-order valence-electron chi connectivity index (χ2n) is 6.83. The maximum absolute atomic E-state index is 12.4. The van der Waals surface area contributed by atoms with Gasteiger partial charge in [0.25, 0.3) is 0 Å². The molecule has 132 valence electrons. The van der Waals surface area contributed by atoms with E-state index in [0.29, 0.717) is 11.8 Å². The van der Waals surface area contributed by atoms with Crippen LogP contribution in [0.5, 0.6) is 0 Å². The van der Waals surface area contributed by atoms with Crippen LogP contribution in [0.1, 0.15) is 30.8 Å². The third kappa shape index (κ3) is 3.21. The highest BCUT2D eigenvalue weighted by Gasteiger charge is 2.24. The predicted molar refractivity (Wildman–Crippen MR) is 93.5 cm³/mol. The Kier molecular flexibility index (Phi) is 4.12. The van der Waals surface area contributed by atoms with E-state index in [2.05, 4.69) is 25.7 Å². The summed E-state index contributed by atoms with van der Waals surface area (Å²) in [6, 6.07) is 2.20. The van der Waals surface area contributed by atoms with E-state index in [1.807, 2.05) is 31.0 Å². The molecule has 2 N–H and O–H groups in total. The third-order valence-corrected chi connectivity index (χ3v) is 4.76. The summed E-state index contributed by atoms with van der Waals surface area (Å²) in [6.07, 6.45) is 3.65. The monoisotopic (exact) mass is 341 g/mol. The molecule has 0 bridgehead atoms. The largest absolute Gasteiger partial charge is 0.338 e. The molecular formula is C17H23N7O. The highest BCUT2D eigenvalue weighted by Crippen LogP contribution is 2.19. The Balaban J connectivity index is 1.52. The van der Waals surface area contributed by atoms with Crippen LogP contribution in [0.15, 0.2) is 12.3 Å². The predicted octanol–water partition coefficient (Wildman–Crippen LogP) is 0.855. The van der Waals surface area contributed by atoms with Gasteiger partial charge in [-0.05, 0) is 32.4 Å². The van der Waals surface area contributed by atoms with Crippen molar-refractivity contribution in [3.8, 4) is 0 Å². The first-order chi connectivity index (χ1) is 12.1. The molecule has 2 aromatic rings. The minimum Gasteiger partial charge on any atom is -0.338 e. The van der Waals surface area contributed by atoms with Gasteiger partial charge in [-0.15, -0.1) is 0 Å². The van der Waals surface area contributed by atoms with Gasteiger partial charge in [0.15, 0.2) is 5.82 Å². The van der Waals surface area contributed by atoms with Gasteiger partial charge in [0, 0.05) is 43.5 Å². The van der Waals surface area contributed by atoms with Gasteiger partial charge in [-0.1, -0.05) is 0 Å². The highest BCUT2D eigenvalue weighted by molar-refractivity contribution is 5.76. The van der Waals surface area contributed by atoms with Crippen molar-refractivity contribution in [2.45, 2.75) is 45.8 Å². The fraction of sp³-hybridized carbons (Fsp3) is 0.529. The van der Waals surface area contributed by atoms with E-state index in [0.717, 1.165) is 43.9 Å². The van der Waals surface area contributed by atoms with Crippen molar-refractivity contribution in [2.24, 2.45) is 0 Å². The molecule has 1 amide bonds. The van der Waals surface area contributed by atoms with E-state index >= 15 is 0 Å². The lowest BCUT2D eigenvalue weighted by Crippen LogP contribution is -2.38. The lowest BCUT2D eigenvalue weighted by Gasteiger charge is -2.24. The number of nitrogens with zero attached hydrogens (tertiary/aromatic N) is 5. The molecule has 2 aliphatic rings. The van der Waals surface area contributed by atoms with Crippen LogP contribution in [0.2, 0.25) is 0 Å². The van der Waals surface area contributed by atoms with Crippen LogP contribution in [0.4, 0.5) is 11.8 Å². The summed E-state index contributed by atoms with van der Waals surface area (Å²) < 4.78 is 1.78. The molecule has 8 heteroatoms. The Bertz CT molecular complexity index is 798. The summed E-state index contributed by atoms with van der Waals surface area (Å²) in [5.74, 6) is 1.34. The van der Waals surface area contributed by atoms with Crippen molar-refractivity contribution in [1.29, 1.82) is 0 Å².